The van der Waals surface area contributed by atoms with E-state index in [4.69, 9.17) is 0 Å². The standard InChI is InChI=1S/C23H33N5O3S/c29-23(24-15-14-22-26-25-21-7-3-1-6-18-28(21)22)13-10-19-8-11-20(12-9-19)32(30,31)27-16-4-2-5-17-27/h8-9,11-12H,1-7,10,13-18H2,(H,24,29). The number of carbonyl (C=O) groups is 1. The number of fused-ring (bicyclic) bond motifs is 1. The van der Waals surface area contributed by atoms with E-state index in [0.29, 0.717) is 43.8 Å². The van der Waals surface area contributed by atoms with E-state index >= 15 is 0 Å². The van der Waals surface area contributed by atoms with Crippen LogP contribution in [0.2, 0.25) is 0 Å². The predicted octanol–water partition coefficient (Wildman–Crippen LogP) is 2.47. The monoisotopic (exact) mass is 459 g/mol. The molecule has 0 spiro atoms. The van der Waals surface area contributed by atoms with Crippen LogP contribution in [0.1, 0.15) is 62.2 Å². The molecule has 1 N–H and O–H groups in total. The summed E-state index contributed by atoms with van der Waals surface area (Å²) in [7, 11) is -3.41. The van der Waals surface area contributed by atoms with E-state index in [1.807, 2.05) is 12.1 Å². The van der Waals surface area contributed by atoms with Crippen LogP contribution in [0, 0.1) is 0 Å². The van der Waals surface area contributed by atoms with Crippen molar-refractivity contribution in [2.45, 2.75) is 75.6 Å². The zero-order valence-electron chi connectivity index (χ0n) is 18.6. The first-order valence-corrected chi connectivity index (χ1v) is 13.2. The van der Waals surface area contributed by atoms with Crippen LogP contribution in [0.4, 0.5) is 0 Å². The van der Waals surface area contributed by atoms with E-state index < -0.39 is 10.0 Å². The topological polar surface area (TPSA) is 97.2 Å². The molecule has 0 saturated carbocycles. The van der Waals surface area contributed by atoms with Gasteiger partial charge in [-0.1, -0.05) is 25.0 Å². The molecule has 1 aromatic carbocycles. The largest absolute Gasteiger partial charge is 0.356 e. The highest BCUT2D eigenvalue weighted by Gasteiger charge is 2.25. The number of rotatable bonds is 8. The molecule has 9 heteroatoms. The van der Waals surface area contributed by atoms with Crippen LogP contribution in [-0.4, -0.2) is 53.0 Å². The van der Waals surface area contributed by atoms with Gasteiger partial charge in [0, 0.05) is 45.4 Å². The number of piperidine rings is 1. The van der Waals surface area contributed by atoms with Crippen LogP contribution >= 0.6 is 0 Å². The van der Waals surface area contributed by atoms with Gasteiger partial charge in [0.2, 0.25) is 15.9 Å². The Kier molecular flexibility index (Phi) is 7.57. The molecule has 3 heterocycles. The molecule has 2 aliphatic rings. The Morgan fingerprint density at radius 1 is 0.906 bits per heavy atom. The Bertz CT molecular complexity index is 1010. The Labute approximate surface area is 190 Å². The van der Waals surface area contributed by atoms with Crippen molar-refractivity contribution in [1.29, 1.82) is 0 Å². The molecule has 0 aliphatic carbocycles. The fourth-order valence-electron chi connectivity index (χ4n) is 4.47. The first kappa shape index (κ1) is 22.9. The SMILES string of the molecule is O=C(CCc1ccc(S(=O)(=O)N2CCCCC2)cc1)NCCc1nnc2n1CCCCC2. The van der Waals surface area contributed by atoms with Crippen molar-refractivity contribution in [3.8, 4) is 0 Å². The van der Waals surface area contributed by atoms with E-state index in [1.165, 1.54) is 12.8 Å². The first-order valence-electron chi connectivity index (χ1n) is 11.8. The molecule has 2 aliphatic heterocycles. The lowest BCUT2D eigenvalue weighted by Crippen LogP contribution is -2.35. The number of aryl methyl sites for hydroxylation is 2. The van der Waals surface area contributed by atoms with Gasteiger partial charge >= 0.3 is 0 Å². The maximum absolute atomic E-state index is 12.7. The summed E-state index contributed by atoms with van der Waals surface area (Å²) in [6.45, 7) is 2.71. The molecule has 0 unspecified atom stereocenters. The van der Waals surface area contributed by atoms with Crippen LogP contribution in [0.25, 0.3) is 0 Å². The second-order valence-electron chi connectivity index (χ2n) is 8.70. The minimum atomic E-state index is -3.41. The third kappa shape index (κ3) is 5.56. The number of nitrogens with zero attached hydrogens (tertiary/aromatic N) is 4. The number of amides is 1. The van der Waals surface area contributed by atoms with E-state index in [2.05, 4.69) is 20.1 Å². The molecule has 1 amide bonds. The van der Waals surface area contributed by atoms with Gasteiger partial charge in [-0.3, -0.25) is 4.79 Å². The van der Waals surface area contributed by atoms with Gasteiger partial charge in [0.15, 0.2) is 0 Å². The normalized spacial score (nSPS) is 17.5. The summed E-state index contributed by atoms with van der Waals surface area (Å²) in [5.74, 6) is 2.01. The van der Waals surface area contributed by atoms with Crippen LogP contribution in [0.3, 0.4) is 0 Å². The number of hydrogen-bond acceptors (Lipinski definition) is 5. The summed E-state index contributed by atoms with van der Waals surface area (Å²) < 4.78 is 29.3. The van der Waals surface area contributed by atoms with E-state index in [9.17, 15) is 13.2 Å². The van der Waals surface area contributed by atoms with Gasteiger partial charge in [-0.2, -0.15) is 4.31 Å². The zero-order chi connectivity index (χ0) is 22.4. The number of sulfonamides is 1. The maximum atomic E-state index is 12.7. The highest BCUT2D eigenvalue weighted by atomic mass is 32.2. The summed E-state index contributed by atoms with van der Waals surface area (Å²) in [4.78, 5) is 12.6. The highest BCUT2D eigenvalue weighted by molar-refractivity contribution is 7.89. The van der Waals surface area contributed by atoms with Crippen molar-refractivity contribution in [3.05, 3.63) is 41.5 Å². The zero-order valence-corrected chi connectivity index (χ0v) is 19.4. The van der Waals surface area contributed by atoms with Crippen LogP contribution in [0.15, 0.2) is 29.2 Å². The molecule has 1 aromatic heterocycles. The summed E-state index contributed by atoms with van der Waals surface area (Å²) in [5, 5.41) is 11.6. The second kappa shape index (κ2) is 10.6. The summed E-state index contributed by atoms with van der Waals surface area (Å²) in [5.41, 5.74) is 0.959. The third-order valence-corrected chi connectivity index (χ3v) is 8.29. The molecule has 4 rings (SSSR count). The Balaban J connectivity index is 1.22. The molecule has 8 nitrogen and oxygen atoms in total. The quantitative estimate of drug-likeness (QED) is 0.654. The molecule has 174 valence electrons. The van der Waals surface area contributed by atoms with Crippen molar-refractivity contribution >= 4 is 15.9 Å². The van der Waals surface area contributed by atoms with Gasteiger partial charge in [-0.05, 0) is 49.8 Å². The minimum Gasteiger partial charge on any atom is -0.356 e. The molecule has 0 atom stereocenters. The van der Waals surface area contributed by atoms with Gasteiger partial charge < -0.3 is 9.88 Å². The number of benzene rings is 1. The van der Waals surface area contributed by atoms with Gasteiger partial charge in [-0.15, -0.1) is 10.2 Å². The smallest absolute Gasteiger partial charge is 0.243 e. The van der Waals surface area contributed by atoms with Crippen molar-refractivity contribution < 1.29 is 13.2 Å². The van der Waals surface area contributed by atoms with Crippen molar-refractivity contribution in [1.82, 2.24) is 24.4 Å². The lowest BCUT2D eigenvalue weighted by molar-refractivity contribution is -0.121. The number of carbonyl (C=O) groups excluding carboxylic acids is 1. The lowest BCUT2D eigenvalue weighted by atomic mass is 10.1. The summed E-state index contributed by atoms with van der Waals surface area (Å²) in [6, 6.07) is 6.95. The van der Waals surface area contributed by atoms with Gasteiger partial charge in [0.05, 0.1) is 4.90 Å². The molecular formula is C23H33N5O3S. The van der Waals surface area contributed by atoms with E-state index in [-0.39, 0.29) is 5.91 Å². The average molecular weight is 460 g/mol. The predicted molar refractivity (Wildman–Crippen MR) is 122 cm³/mol. The summed E-state index contributed by atoms with van der Waals surface area (Å²) >= 11 is 0. The molecule has 32 heavy (non-hydrogen) atoms. The van der Waals surface area contributed by atoms with Gasteiger partial charge in [-0.25, -0.2) is 8.42 Å². The van der Waals surface area contributed by atoms with Gasteiger partial charge in [0.25, 0.3) is 0 Å². The van der Waals surface area contributed by atoms with Crippen molar-refractivity contribution in [2.24, 2.45) is 0 Å². The summed E-state index contributed by atoms with van der Waals surface area (Å²) in [6.07, 6.45) is 9.10. The molecule has 0 radical (unpaired) electrons. The first-order chi connectivity index (χ1) is 15.5. The van der Waals surface area contributed by atoms with Crippen molar-refractivity contribution in [2.75, 3.05) is 19.6 Å². The number of hydrogen-bond donors (Lipinski definition) is 1. The van der Waals surface area contributed by atoms with Crippen molar-refractivity contribution in [3.63, 3.8) is 0 Å². The highest BCUT2D eigenvalue weighted by Crippen LogP contribution is 2.21. The lowest BCUT2D eigenvalue weighted by Gasteiger charge is -2.25. The Morgan fingerprint density at radius 2 is 1.62 bits per heavy atom. The maximum Gasteiger partial charge on any atom is 0.243 e. The van der Waals surface area contributed by atoms with Crippen LogP contribution in [0.5, 0.6) is 0 Å². The van der Waals surface area contributed by atoms with Gasteiger partial charge in [0.1, 0.15) is 11.6 Å². The third-order valence-electron chi connectivity index (χ3n) is 6.37. The Morgan fingerprint density at radius 3 is 2.41 bits per heavy atom. The molecule has 2 aromatic rings. The fourth-order valence-corrected chi connectivity index (χ4v) is 5.99. The van der Waals surface area contributed by atoms with Crippen LogP contribution < -0.4 is 5.32 Å². The molecular weight excluding hydrogens is 426 g/mol. The fraction of sp³-hybridized carbons (Fsp3) is 0.609. The van der Waals surface area contributed by atoms with E-state index in [0.717, 1.165) is 55.9 Å². The number of aromatic nitrogens is 3. The van der Waals surface area contributed by atoms with E-state index in [1.54, 1.807) is 16.4 Å². The molecule has 0 bridgehead atoms. The second-order valence-corrected chi connectivity index (χ2v) is 10.6. The molecule has 1 fully saturated rings. The number of nitrogens with one attached hydrogen (secondary N) is 1. The van der Waals surface area contributed by atoms with Crippen LogP contribution in [-0.2, 0) is 40.6 Å². The minimum absolute atomic E-state index is 0.00869. The Hall–Kier alpha value is -2.26. The molecule has 1 saturated heterocycles. The average Bonchev–Trinajstić information content (AvgIpc) is 3.04.